The molecule has 0 aliphatic rings. The standard InChI is InChI=1S/C4HF8NO2/c5-2(6,1(14)15)13(3(7,8)9)4(10,11)12/h(H,14,15). The Balaban J connectivity index is 5.43. The molecule has 0 saturated heterocycles. The highest BCUT2D eigenvalue weighted by Crippen LogP contribution is 2.41. The van der Waals surface area contributed by atoms with E-state index in [0.717, 1.165) is 0 Å². The van der Waals surface area contributed by atoms with Gasteiger partial charge in [0.2, 0.25) is 0 Å². The van der Waals surface area contributed by atoms with Gasteiger partial charge in [-0.25, -0.2) is 4.79 Å². The molecule has 0 spiro atoms. The summed E-state index contributed by atoms with van der Waals surface area (Å²) in [6.07, 6.45) is -13.1. The van der Waals surface area contributed by atoms with Crippen LogP contribution in [-0.2, 0) is 4.79 Å². The third kappa shape index (κ3) is 2.91. The fourth-order valence-electron chi connectivity index (χ4n) is 0.558. The van der Waals surface area contributed by atoms with Crippen molar-refractivity contribution in [1.29, 1.82) is 0 Å². The maximum Gasteiger partial charge on any atom is 0.472 e. The van der Waals surface area contributed by atoms with Crippen molar-refractivity contribution in [2.24, 2.45) is 0 Å². The molecule has 0 aromatic carbocycles. The van der Waals surface area contributed by atoms with E-state index >= 15 is 0 Å². The van der Waals surface area contributed by atoms with Crippen LogP contribution in [0.1, 0.15) is 0 Å². The molecule has 90 valence electrons. The molecule has 1 N–H and O–H groups in total. The fraction of sp³-hybridized carbons (Fsp3) is 0.750. The minimum Gasteiger partial charge on any atom is -0.476 e. The highest BCUT2D eigenvalue weighted by molar-refractivity contribution is 5.74. The first-order valence-electron chi connectivity index (χ1n) is 2.86. The third-order valence-corrected chi connectivity index (χ3v) is 1.05. The van der Waals surface area contributed by atoms with Gasteiger partial charge in [-0.2, -0.15) is 35.1 Å². The van der Waals surface area contributed by atoms with Gasteiger partial charge in [-0.3, -0.25) is 0 Å². The molecule has 0 saturated carbocycles. The molecule has 15 heavy (non-hydrogen) atoms. The van der Waals surface area contributed by atoms with Gasteiger partial charge in [-0.05, 0) is 4.90 Å². The van der Waals surface area contributed by atoms with E-state index in [1.807, 2.05) is 0 Å². The molecule has 0 heterocycles. The molecule has 3 nitrogen and oxygen atoms in total. The molecular weight excluding hydrogens is 246 g/mol. The Morgan fingerprint density at radius 2 is 1.13 bits per heavy atom. The maximum absolute atomic E-state index is 12.1. The number of carboxylic acid groups (broad SMARTS) is 1. The number of hydrogen-bond donors (Lipinski definition) is 1. The average molecular weight is 247 g/mol. The highest BCUT2D eigenvalue weighted by Gasteiger charge is 2.69. The monoisotopic (exact) mass is 247 g/mol. The number of carbonyl (C=O) groups is 1. The second-order valence-electron chi connectivity index (χ2n) is 2.12. The molecule has 0 amide bonds. The smallest absolute Gasteiger partial charge is 0.472 e. The van der Waals surface area contributed by atoms with Crippen molar-refractivity contribution < 1.29 is 45.0 Å². The zero-order valence-corrected chi connectivity index (χ0v) is 6.33. The zero-order valence-electron chi connectivity index (χ0n) is 6.33. The first-order valence-corrected chi connectivity index (χ1v) is 2.86. The number of hydrogen-bond acceptors (Lipinski definition) is 2. The van der Waals surface area contributed by atoms with Gasteiger partial charge in [-0.1, -0.05) is 0 Å². The Bertz CT molecular complexity index is 240. The molecule has 0 radical (unpaired) electrons. The Morgan fingerprint density at radius 3 is 1.20 bits per heavy atom. The van der Waals surface area contributed by atoms with Gasteiger partial charge in [0.1, 0.15) is 0 Å². The summed E-state index contributed by atoms with van der Waals surface area (Å²) in [4.78, 5) is 6.27. The quantitative estimate of drug-likeness (QED) is 0.599. The molecule has 0 rings (SSSR count). The molecule has 0 aromatic heterocycles. The molecule has 0 atom stereocenters. The van der Waals surface area contributed by atoms with Gasteiger partial charge >= 0.3 is 24.6 Å². The maximum atomic E-state index is 12.1. The predicted octanol–water partition coefficient (Wildman–Crippen LogP) is 2.01. The van der Waals surface area contributed by atoms with Crippen LogP contribution in [0.25, 0.3) is 0 Å². The van der Waals surface area contributed by atoms with Gasteiger partial charge < -0.3 is 5.11 Å². The first kappa shape index (κ1) is 13.9. The van der Waals surface area contributed by atoms with E-state index in [2.05, 4.69) is 0 Å². The minimum atomic E-state index is -6.56. The number of rotatable bonds is 2. The molecule has 0 fully saturated rings. The van der Waals surface area contributed by atoms with Gasteiger partial charge in [-0.15, -0.1) is 0 Å². The van der Waals surface area contributed by atoms with Crippen LogP contribution in [0.2, 0.25) is 0 Å². The van der Waals surface area contributed by atoms with Gasteiger partial charge in [0.25, 0.3) is 0 Å². The first-order chi connectivity index (χ1) is 6.31. The summed E-state index contributed by atoms with van der Waals surface area (Å²) in [5, 5.41) is 7.55. The van der Waals surface area contributed by atoms with Gasteiger partial charge in [0.05, 0.1) is 0 Å². The summed E-state index contributed by atoms with van der Waals surface area (Å²) >= 11 is 0. The Morgan fingerprint density at radius 1 is 0.867 bits per heavy atom. The van der Waals surface area contributed by atoms with Crippen molar-refractivity contribution in [2.45, 2.75) is 18.6 Å². The van der Waals surface area contributed by atoms with Crippen molar-refractivity contribution in [1.82, 2.24) is 4.90 Å². The normalized spacial score (nSPS) is 14.5. The van der Waals surface area contributed by atoms with Crippen LogP contribution in [0.5, 0.6) is 0 Å². The van der Waals surface area contributed by atoms with E-state index in [4.69, 9.17) is 5.11 Å². The third-order valence-electron chi connectivity index (χ3n) is 1.05. The number of halogens is 8. The van der Waals surface area contributed by atoms with E-state index in [9.17, 15) is 39.9 Å². The lowest BCUT2D eigenvalue weighted by Crippen LogP contribution is -2.60. The molecular formula is C4HF8NO2. The SMILES string of the molecule is O=C(O)C(F)(F)N(C(F)(F)F)C(F)(F)F. The van der Waals surface area contributed by atoms with Crippen LogP contribution in [-0.4, -0.2) is 34.6 Å². The summed E-state index contributed by atoms with van der Waals surface area (Å²) < 4.78 is 93.4. The van der Waals surface area contributed by atoms with Gasteiger partial charge in [0, 0.05) is 0 Å². The summed E-state index contributed by atoms with van der Waals surface area (Å²) in [6.45, 7) is 0. The number of aliphatic carboxylic acids is 1. The lowest BCUT2D eigenvalue weighted by atomic mass is 10.5. The molecule has 0 aliphatic carbocycles. The lowest BCUT2D eigenvalue weighted by Gasteiger charge is -2.30. The predicted molar refractivity (Wildman–Crippen MR) is 26.5 cm³/mol. The van der Waals surface area contributed by atoms with Crippen LogP contribution in [0.3, 0.4) is 0 Å². The van der Waals surface area contributed by atoms with Crippen LogP contribution in [0.15, 0.2) is 0 Å². The average Bonchev–Trinajstić information content (AvgIpc) is 1.76. The number of nitrogens with zero attached hydrogens (tertiary/aromatic N) is 1. The number of carboxylic acids is 1. The van der Waals surface area contributed by atoms with Crippen LogP contribution >= 0.6 is 0 Å². The van der Waals surface area contributed by atoms with E-state index < -0.39 is 29.5 Å². The molecule has 11 heteroatoms. The second kappa shape index (κ2) is 3.47. The summed E-state index contributed by atoms with van der Waals surface area (Å²) in [5.74, 6) is -3.56. The lowest BCUT2D eigenvalue weighted by molar-refractivity contribution is -0.431. The van der Waals surface area contributed by atoms with E-state index in [1.54, 1.807) is 0 Å². The van der Waals surface area contributed by atoms with E-state index in [1.165, 1.54) is 0 Å². The summed E-state index contributed by atoms with van der Waals surface area (Å²) in [7, 11) is 0. The summed E-state index contributed by atoms with van der Waals surface area (Å²) in [6, 6.07) is -6.11. The largest absolute Gasteiger partial charge is 0.476 e. The van der Waals surface area contributed by atoms with Crippen molar-refractivity contribution in [2.75, 3.05) is 0 Å². The number of alkyl halides is 8. The van der Waals surface area contributed by atoms with E-state index in [0.29, 0.717) is 0 Å². The van der Waals surface area contributed by atoms with Crippen molar-refractivity contribution in [3.63, 3.8) is 0 Å². The van der Waals surface area contributed by atoms with Gasteiger partial charge in [0.15, 0.2) is 0 Å². The highest BCUT2D eigenvalue weighted by atomic mass is 19.4. The van der Waals surface area contributed by atoms with Crippen molar-refractivity contribution in [3.05, 3.63) is 0 Å². The molecule has 0 aliphatic heterocycles. The fourth-order valence-corrected chi connectivity index (χ4v) is 0.558. The Labute approximate surface area is 75.9 Å². The van der Waals surface area contributed by atoms with Crippen LogP contribution < -0.4 is 0 Å². The molecule has 0 aromatic rings. The molecule has 0 bridgehead atoms. The molecule has 0 unspecified atom stereocenters. The second-order valence-corrected chi connectivity index (χ2v) is 2.12. The Kier molecular flexibility index (Phi) is 3.21. The van der Waals surface area contributed by atoms with Crippen molar-refractivity contribution in [3.8, 4) is 0 Å². The Hall–Kier alpha value is -1.13. The van der Waals surface area contributed by atoms with Crippen LogP contribution in [0.4, 0.5) is 35.1 Å². The summed E-state index contributed by atoms with van der Waals surface area (Å²) in [5.41, 5.74) is 0. The van der Waals surface area contributed by atoms with E-state index in [-0.39, 0.29) is 0 Å². The van der Waals surface area contributed by atoms with Crippen molar-refractivity contribution >= 4 is 5.97 Å². The minimum absolute atomic E-state index is 3.30. The zero-order chi connectivity index (χ0) is 12.7. The van der Waals surface area contributed by atoms with Crippen LogP contribution in [0, 0.1) is 0 Å². The topological polar surface area (TPSA) is 40.5 Å².